The fourth-order valence-corrected chi connectivity index (χ4v) is 2.74. The van der Waals surface area contributed by atoms with Crippen molar-refractivity contribution in [1.82, 2.24) is 15.1 Å². The Morgan fingerprint density at radius 3 is 2.22 bits per heavy atom. The molecule has 0 saturated heterocycles. The van der Waals surface area contributed by atoms with Crippen molar-refractivity contribution in [3.8, 4) is 34.0 Å². The highest BCUT2D eigenvalue weighted by Gasteiger charge is 2.34. The Kier molecular flexibility index (Phi) is 4.19. The summed E-state index contributed by atoms with van der Waals surface area (Å²) in [6.45, 7) is 0. The van der Waals surface area contributed by atoms with Crippen molar-refractivity contribution in [3.63, 3.8) is 0 Å². The molecule has 27 heavy (non-hydrogen) atoms. The summed E-state index contributed by atoms with van der Waals surface area (Å²) in [5.74, 6) is 0.306. The molecule has 0 aliphatic rings. The van der Waals surface area contributed by atoms with Gasteiger partial charge in [0.25, 0.3) is 5.89 Å². The van der Waals surface area contributed by atoms with Crippen molar-refractivity contribution < 1.29 is 17.7 Å². The van der Waals surface area contributed by atoms with Gasteiger partial charge in [-0.3, -0.25) is 4.98 Å². The first-order chi connectivity index (χ1) is 13.0. The van der Waals surface area contributed by atoms with Gasteiger partial charge in [0.1, 0.15) is 0 Å². The summed E-state index contributed by atoms with van der Waals surface area (Å²) in [6.07, 6.45) is -1.38. The Bertz CT molecular complexity index is 1060. The van der Waals surface area contributed by atoms with E-state index in [1.165, 1.54) is 6.07 Å². The van der Waals surface area contributed by atoms with Gasteiger partial charge in [-0.2, -0.15) is 18.2 Å². The quantitative estimate of drug-likeness (QED) is 0.481. The van der Waals surface area contributed by atoms with Crippen LogP contribution >= 0.6 is 0 Å². The van der Waals surface area contributed by atoms with E-state index in [1.54, 1.807) is 60.9 Å². The van der Waals surface area contributed by atoms with Crippen LogP contribution in [0.2, 0.25) is 0 Å². The lowest BCUT2D eigenvalue weighted by Crippen LogP contribution is -2.07. The zero-order valence-electron chi connectivity index (χ0n) is 13.8. The van der Waals surface area contributed by atoms with Crippen molar-refractivity contribution in [2.45, 2.75) is 6.18 Å². The molecule has 0 amide bonds. The highest BCUT2D eigenvalue weighted by molar-refractivity contribution is 5.72. The van der Waals surface area contributed by atoms with Crippen LogP contribution in [0, 0.1) is 0 Å². The maximum atomic E-state index is 13.6. The monoisotopic (exact) mass is 367 g/mol. The van der Waals surface area contributed by atoms with Gasteiger partial charge in [0.15, 0.2) is 0 Å². The summed E-state index contributed by atoms with van der Waals surface area (Å²) in [6, 6.07) is 15.8. The number of rotatable bonds is 3. The topological polar surface area (TPSA) is 51.8 Å². The number of halogens is 3. The molecule has 4 aromatic rings. The van der Waals surface area contributed by atoms with Crippen molar-refractivity contribution in [3.05, 3.63) is 78.6 Å². The van der Waals surface area contributed by atoms with Crippen molar-refractivity contribution >= 4 is 0 Å². The van der Waals surface area contributed by atoms with Crippen LogP contribution in [-0.2, 0) is 6.18 Å². The first-order valence-electron chi connectivity index (χ1n) is 8.03. The molecule has 2 aromatic heterocycles. The highest BCUT2D eigenvalue weighted by Crippen LogP contribution is 2.39. The zero-order valence-corrected chi connectivity index (χ0v) is 13.8. The van der Waals surface area contributed by atoms with Crippen LogP contribution in [0.4, 0.5) is 13.2 Å². The van der Waals surface area contributed by atoms with Gasteiger partial charge in [0, 0.05) is 23.5 Å². The first-order valence-corrected chi connectivity index (χ1v) is 8.03. The average molecular weight is 367 g/mol. The molecule has 0 aliphatic heterocycles. The molecule has 0 atom stereocenters. The molecule has 0 unspecified atom stereocenters. The number of benzene rings is 2. The lowest BCUT2D eigenvalue weighted by molar-refractivity contribution is -0.137. The molecule has 0 N–H and O–H groups in total. The van der Waals surface area contributed by atoms with E-state index >= 15 is 0 Å². The van der Waals surface area contributed by atoms with Gasteiger partial charge < -0.3 is 4.52 Å². The van der Waals surface area contributed by atoms with Gasteiger partial charge in [0.2, 0.25) is 5.82 Å². The molecule has 0 fully saturated rings. The minimum Gasteiger partial charge on any atom is -0.334 e. The second kappa shape index (κ2) is 6.68. The fraction of sp³-hybridized carbons (Fsp3) is 0.0500. The summed E-state index contributed by atoms with van der Waals surface area (Å²) in [5, 5.41) is 3.84. The number of hydrogen-bond acceptors (Lipinski definition) is 4. The predicted molar refractivity (Wildman–Crippen MR) is 93.4 cm³/mol. The van der Waals surface area contributed by atoms with E-state index in [1.807, 2.05) is 0 Å². The minimum atomic E-state index is -4.52. The smallest absolute Gasteiger partial charge is 0.334 e. The normalized spacial score (nSPS) is 11.5. The summed E-state index contributed by atoms with van der Waals surface area (Å²) in [7, 11) is 0. The van der Waals surface area contributed by atoms with Crippen LogP contribution < -0.4 is 0 Å². The van der Waals surface area contributed by atoms with Gasteiger partial charge >= 0.3 is 6.18 Å². The van der Waals surface area contributed by atoms with E-state index < -0.39 is 11.7 Å². The Labute approximate surface area is 152 Å². The number of pyridine rings is 1. The van der Waals surface area contributed by atoms with Crippen LogP contribution in [0.1, 0.15) is 5.56 Å². The van der Waals surface area contributed by atoms with E-state index in [0.717, 1.165) is 6.07 Å². The average Bonchev–Trinajstić information content (AvgIpc) is 3.18. The Hall–Kier alpha value is -3.48. The molecule has 4 rings (SSSR count). The van der Waals surface area contributed by atoms with Gasteiger partial charge in [-0.1, -0.05) is 41.6 Å². The van der Waals surface area contributed by atoms with Gasteiger partial charge in [0.05, 0.1) is 5.56 Å². The number of nitrogens with zero attached hydrogens (tertiary/aromatic N) is 3. The SMILES string of the molecule is FC(F)(F)c1cc(-c2nc(-c3ccncc3)no2)ccc1-c1ccccc1. The lowest BCUT2D eigenvalue weighted by atomic mass is 9.97. The number of hydrogen-bond donors (Lipinski definition) is 0. The Balaban J connectivity index is 1.78. The van der Waals surface area contributed by atoms with E-state index in [0.29, 0.717) is 11.1 Å². The molecule has 0 bridgehead atoms. The minimum absolute atomic E-state index is 0.0203. The van der Waals surface area contributed by atoms with Crippen LogP contribution in [0.3, 0.4) is 0 Å². The van der Waals surface area contributed by atoms with E-state index in [-0.39, 0.29) is 22.8 Å². The molecule has 134 valence electrons. The summed E-state index contributed by atoms with van der Waals surface area (Å²) < 4.78 is 46.0. The number of aromatic nitrogens is 3. The molecule has 0 aliphatic carbocycles. The molecular weight excluding hydrogens is 355 g/mol. The summed E-state index contributed by atoms with van der Waals surface area (Å²) in [5.41, 5.74) is 0.696. The van der Waals surface area contributed by atoms with Crippen LogP contribution in [0.25, 0.3) is 34.0 Å². The molecule has 0 spiro atoms. The fourth-order valence-electron chi connectivity index (χ4n) is 2.74. The largest absolute Gasteiger partial charge is 0.417 e. The summed E-state index contributed by atoms with van der Waals surface area (Å²) in [4.78, 5) is 8.11. The second-order valence-electron chi connectivity index (χ2n) is 5.78. The first kappa shape index (κ1) is 17.0. The second-order valence-corrected chi connectivity index (χ2v) is 5.78. The molecule has 0 radical (unpaired) electrons. The third kappa shape index (κ3) is 3.44. The van der Waals surface area contributed by atoms with Crippen molar-refractivity contribution in [2.24, 2.45) is 0 Å². The van der Waals surface area contributed by atoms with Crippen LogP contribution in [0.15, 0.2) is 77.6 Å². The van der Waals surface area contributed by atoms with Gasteiger partial charge in [-0.15, -0.1) is 0 Å². The maximum Gasteiger partial charge on any atom is 0.417 e. The maximum absolute atomic E-state index is 13.6. The van der Waals surface area contributed by atoms with E-state index in [4.69, 9.17) is 4.52 Å². The van der Waals surface area contributed by atoms with Crippen LogP contribution in [-0.4, -0.2) is 15.1 Å². The Morgan fingerprint density at radius 1 is 0.778 bits per heavy atom. The molecule has 2 aromatic carbocycles. The third-order valence-electron chi connectivity index (χ3n) is 4.02. The van der Waals surface area contributed by atoms with E-state index in [9.17, 15) is 13.2 Å². The molecular formula is C20H12F3N3O. The van der Waals surface area contributed by atoms with Crippen LogP contribution in [0.5, 0.6) is 0 Å². The van der Waals surface area contributed by atoms with Crippen molar-refractivity contribution in [2.75, 3.05) is 0 Å². The lowest BCUT2D eigenvalue weighted by Gasteiger charge is -2.14. The van der Waals surface area contributed by atoms with E-state index in [2.05, 4.69) is 15.1 Å². The molecule has 7 heteroatoms. The highest BCUT2D eigenvalue weighted by atomic mass is 19.4. The van der Waals surface area contributed by atoms with Crippen molar-refractivity contribution in [1.29, 1.82) is 0 Å². The van der Waals surface area contributed by atoms with Gasteiger partial charge in [-0.05, 0) is 35.4 Å². The molecule has 0 saturated carbocycles. The predicted octanol–water partition coefficient (Wildman–Crippen LogP) is 5.48. The molecule has 4 nitrogen and oxygen atoms in total. The summed E-state index contributed by atoms with van der Waals surface area (Å²) >= 11 is 0. The Morgan fingerprint density at radius 2 is 1.52 bits per heavy atom. The number of alkyl halides is 3. The standard InChI is InChI=1S/C20H12F3N3O/c21-20(22,23)17-12-15(6-7-16(17)13-4-2-1-3-5-13)19-25-18(26-27-19)14-8-10-24-11-9-14/h1-12H. The molecule has 2 heterocycles. The zero-order chi connectivity index (χ0) is 18.9. The van der Waals surface area contributed by atoms with Gasteiger partial charge in [-0.25, -0.2) is 0 Å². The third-order valence-corrected chi connectivity index (χ3v) is 4.02.